The second-order valence-electron chi connectivity index (χ2n) is 6.31. The summed E-state index contributed by atoms with van der Waals surface area (Å²) in [6, 6.07) is 9.85. The first-order valence-electron chi connectivity index (χ1n) is 8.69. The van der Waals surface area contributed by atoms with Crippen LogP contribution in [0.4, 0.5) is 0 Å². The van der Waals surface area contributed by atoms with Gasteiger partial charge in [0, 0.05) is 47.9 Å². The molecule has 3 rings (SSSR count). The summed E-state index contributed by atoms with van der Waals surface area (Å²) < 4.78 is 10.5. The molecule has 1 fully saturated rings. The van der Waals surface area contributed by atoms with Crippen LogP contribution in [0.25, 0.3) is 0 Å². The molecule has 2 aromatic rings. The van der Waals surface area contributed by atoms with E-state index in [1.54, 1.807) is 53.3 Å². The van der Waals surface area contributed by atoms with Crippen molar-refractivity contribution in [3.63, 3.8) is 0 Å². The highest BCUT2D eigenvalue weighted by Gasteiger charge is 2.27. The highest BCUT2D eigenvalue weighted by molar-refractivity contribution is 6.35. The maximum atomic E-state index is 12.9. The van der Waals surface area contributed by atoms with Gasteiger partial charge in [0.05, 0.1) is 19.8 Å². The van der Waals surface area contributed by atoms with Crippen molar-refractivity contribution in [1.82, 2.24) is 9.80 Å². The molecule has 0 N–H and O–H groups in total. The Kier molecular flexibility index (Phi) is 6.31. The third-order valence-corrected chi connectivity index (χ3v) is 5.04. The predicted octanol–water partition coefficient (Wildman–Crippen LogP) is 3.61. The highest BCUT2D eigenvalue weighted by Crippen LogP contribution is 2.26. The predicted molar refractivity (Wildman–Crippen MR) is 108 cm³/mol. The average molecular weight is 423 g/mol. The van der Waals surface area contributed by atoms with Crippen LogP contribution in [0.5, 0.6) is 11.5 Å². The zero-order chi connectivity index (χ0) is 20.3. The molecule has 1 aliphatic heterocycles. The fraction of sp³-hybridized carbons (Fsp3) is 0.300. The molecular weight excluding hydrogens is 403 g/mol. The van der Waals surface area contributed by atoms with Crippen LogP contribution in [-0.2, 0) is 0 Å². The number of methoxy groups -OCH3 is 2. The molecule has 1 heterocycles. The van der Waals surface area contributed by atoms with Crippen molar-refractivity contribution in [3.8, 4) is 11.5 Å². The zero-order valence-electron chi connectivity index (χ0n) is 15.6. The maximum Gasteiger partial charge on any atom is 0.257 e. The maximum absolute atomic E-state index is 12.9. The second kappa shape index (κ2) is 8.71. The van der Waals surface area contributed by atoms with E-state index in [4.69, 9.17) is 32.7 Å². The van der Waals surface area contributed by atoms with Gasteiger partial charge in [-0.1, -0.05) is 23.2 Å². The van der Waals surface area contributed by atoms with Crippen molar-refractivity contribution in [1.29, 1.82) is 0 Å². The molecule has 2 aromatic carbocycles. The lowest BCUT2D eigenvalue weighted by atomic mass is 10.1. The number of hydrogen-bond acceptors (Lipinski definition) is 4. The van der Waals surface area contributed by atoms with E-state index >= 15 is 0 Å². The van der Waals surface area contributed by atoms with Gasteiger partial charge in [-0.2, -0.15) is 0 Å². The van der Waals surface area contributed by atoms with Crippen LogP contribution in [0, 0.1) is 0 Å². The van der Waals surface area contributed by atoms with Gasteiger partial charge in [0.25, 0.3) is 11.8 Å². The van der Waals surface area contributed by atoms with Crippen LogP contribution in [0.1, 0.15) is 20.7 Å². The number of ether oxygens (including phenoxy) is 2. The van der Waals surface area contributed by atoms with Gasteiger partial charge < -0.3 is 19.3 Å². The Hall–Kier alpha value is -2.44. The fourth-order valence-electron chi connectivity index (χ4n) is 3.12. The Morgan fingerprint density at radius 1 is 0.821 bits per heavy atom. The molecule has 148 valence electrons. The summed E-state index contributed by atoms with van der Waals surface area (Å²) in [7, 11) is 3.07. The van der Waals surface area contributed by atoms with Crippen molar-refractivity contribution in [2.45, 2.75) is 0 Å². The van der Waals surface area contributed by atoms with Crippen molar-refractivity contribution >= 4 is 35.0 Å². The fourth-order valence-corrected chi connectivity index (χ4v) is 3.64. The quantitative estimate of drug-likeness (QED) is 0.754. The Bertz CT molecular complexity index is 876. The van der Waals surface area contributed by atoms with Crippen molar-refractivity contribution in [2.24, 2.45) is 0 Å². The summed E-state index contributed by atoms with van der Waals surface area (Å²) in [6.45, 7) is 1.70. The van der Waals surface area contributed by atoms with E-state index in [0.29, 0.717) is 58.9 Å². The minimum Gasteiger partial charge on any atom is -0.497 e. The largest absolute Gasteiger partial charge is 0.497 e. The SMILES string of the molecule is COc1ccc(C(=O)N2CCN(C(=O)c3cc(Cl)cc(Cl)c3)CC2)c(OC)c1. The van der Waals surface area contributed by atoms with E-state index in [0.717, 1.165) is 0 Å². The number of piperazine rings is 1. The van der Waals surface area contributed by atoms with Crippen LogP contribution < -0.4 is 9.47 Å². The average Bonchev–Trinajstić information content (AvgIpc) is 2.71. The molecule has 0 spiro atoms. The van der Waals surface area contributed by atoms with E-state index < -0.39 is 0 Å². The van der Waals surface area contributed by atoms with Gasteiger partial charge in [-0.3, -0.25) is 9.59 Å². The minimum absolute atomic E-state index is 0.141. The summed E-state index contributed by atoms with van der Waals surface area (Å²) in [5.41, 5.74) is 0.902. The monoisotopic (exact) mass is 422 g/mol. The number of hydrogen-bond donors (Lipinski definition) is 0. The minimum atomic E-state index is -0.154. The molecule has 0 saturated carbocycles. The van der Waals surface area contributed by atoms with Crippen LogP contribution in [-0.4, -0.2) is 62.0 Å². The molecule has 8 heteroatoms. The Morgan fingerprint density at radius 2 is 1.39 bits per heavy atom. The summed E-state index contributed by atoms with van der Waals surface area (Å²) in [5.74, 6) is 0.774. The van der Waals surface area contributed by atoms with Crippen LogP contribution >= 0.6 is 23.2 Å². The summed E-state index contributed by atoms with van der Waals surface area (Å²) in [4.78, 5) is 29.0. The molecule has 0 radical (unpaired) electrons. The van der Waals surface area contributed by atoms with Crippen molar-refractivity contribution in [2.75, 3.05) is 40.4 Å². The van der Waals surface area contributed by atoms with Gasteiger partial charge in [0.2, 0.25) is 0 Å². The van der Waals surface area contributed by atoms with Gasteiger partial charge >= 0.3 is 0 Å². The standard InChI is InChI=1S/C20H20Cl2N2O4/c1-27-16-3-4-17(18(12-16)28-2)20(26)24-7-5-23(6-8-24)19(25)13-9-14(21)11-15(22)10-13/h3-4,9-12H,5-8H2,1-2H3. The number of carbonyl (C=O) groups is 2. The third kappa shape index (κ3) is 4.34. The number of halogens is 2. The third-order valence-electron chi connectivity index (χ3n) is 4.60. The Morgan fingerprint density at radius 3 is 1.93 bits per heavy atom. The van der Waals surface area contributed by atoms with Crippen molar-refractivity contribution < 1.29 is 19.1 Å². The Balaban J connectivity index is 1.68. The molecule has 2 amide bonds. The summed E-state index contributed by atoms with van der Waals surface area (Å²) in [6.07, 6.45) is 0. The lowest BCUT2D eigenvalue weighted by Crippen LogP contribution is -2.50. The lowest BCUT2D eigenvalue weighted by Gasteiger charge is -2.35. The topological polar surface area (TPSA) is 59.1 Å². The van der Waals surface area contributed by atoms with Crippen LogP contribution in [0.15, 0.2) is 36.4 Å². The number of amides is 2. The first-order valence-corrected chi connectivity index (χ1v) is 9.45. The molecule has 0 bridgehead atoms. The Labute approximate surface area is 173 Å². The van der Waals surface area contributed by atoms with E-state index in [1.807, 2.05) is 0 Å². The lowest BCUT2D eigenvalue weighted by molar-refractivity contribution is 0.0533. The molecule has 1 saturated heterocycles. The van der Waals surface area contributed by atoms with Crippen molar-refractivity contribution in [3.05, 3.63) is 57.6 Å². The molecule has 6 nitrogen and oxygen atoms in total. The molecular formula is C20H20Cl2N2O4. The molecule has 0 atom stereocenters. The summed E-state index contributed by atoms with van der Waals surface area (Å²) >= 11 is 12.0. The molecule has 28 heavy (non-hydrogen) atoms. The molecule has 0 aliphatic carbocycles. The van der Waals surface area contributed by atoms with Crippen LogP contribution in [0.3, 0.4) is 0 Å². The molecule has 0 aromatic heterocycles. The highest BCUT2D eigenvalue weighted by atomic mass is 35.5. The number of nitrogens with zero attached hydrogens (tertiary/aromatic N) is 2. The number of carbonyl (C=O) groups excluding carboxylic acids is 2. The van der Waals surface area contributed by atoms with E-state index in [9.17, 15) is 9.59 Å². The summed E-state index contributed by atoms with van der Waals surface area (Å²) in [5, 5.41) is 0.826. The number of rotatable bonds is 4. The van der Waals surface area contributed by atoms with Crippen LogP contribution in [0.2, 0.25) is 10.0 Å². The van der Waals surface area contributed by atoms with Gasteiger partial charge in [-0.25, -0.2) is 0 Å². The van der Waals surface area contributed by atoms with E-state index in [1.165, 1.54) is 7.11 Å². The molecule has 0 unspecified atom stereocenters. The van der Waals surface area contributed by atoms with Gasteiger partial charge in [-0.05, 0) is 30.3 Å². The van der Waals surface area contributed by atoms with E-state index in [-0.39, 0.29) is 11.8 Å². The first kappa shape index (κ1) is 20.3. The van der Waals surface area contributed by atoms with Gasteiger partial charge in [0.15, 0.2) is 0 Å². The number of benzene rings is 2. The zero-order valence-corrected chi connectivity index (χ0v) is 17.1. The van der Waals surface area contributed by atoms with Gasteiger partial charge in [0.1, 0.15) is 11.5 Å². The second-order valence-corrected chi connectivity index (χ2v) is 7.18. The molecule has 1 aliphatic rings. The first-order chi connectivity index (χ1) is 13.4. The smallest absolute Gasteiger partial charge is 0.257 e. The van der Waals surface area contributed by atoms with E-state index in [2.05, 4.69) is 0 Å². The normalized spacial score (nSPS) is 14.0. The van der Waals surface area contributed by atoms with Gasteiger partial charge in [-0.15, -0.1) is 0 Å².